The molecule has 0 N–H and O–H groups in total. The van der Waals surface area contributed by atoms with Crippen molar-refractivity contribution in [2.75, 3.05) is 13.7 Å². The third-order valence-corrected chi connectivity index (χ3v) is 6.91. The first-order valence-corrected chi connectivity index (χ1v) is 11.7. The molecule has 0 spiro atoms. The fourth-order valence-electron chi connectivity index (χ4n) is 3.65. The van der Waals surface area contributed by atoms with E-state index < -0.39 is 12.0 Å². The summed E-state index contributed by atoms with van der Waals surface area (Å²) in [7, 11) is 1.58. The number of hydrogen-bond donors (Lipinski definition) is 0. The van der Waals surface area contributed by atoms with Crippen molar-refractivity contribution in [3.8, 4) is 5.75 Å². The highest BCUT2D eigenvalue weighted by atomic mass is 35.5. The van der Waals surface area contributed by atoms with Crippen LogP contribution in [0.5, 0.6) is 5.75 Å². The van der Waals surface area contributed by atoms with Gasteiger partial charge in [-0.1, -0.05) is 52.7 Å². The molecule has 2 heterocycles. The predicted molar refractivity (Wildman–Crippen MR) is 130 cm³/mol. The van der Waals surface area contributed by atoms with Crippen LogP contribution in [-0.2, 0) is 9.53 Å². The zero-order valence-corrected chi connectivity index (χ0v) is 20.4. The molecule has 1 aliphatic rings. The number of esters is 1. The average Bonchev–Trinajstić information content (AvgIpc) is 3.10. The summed E-state index contributed by atoms with van der Waals surface area (Å²) in [5.41, 5.74) is 2.05. The second-order valence-electron chi connectivity index (χ2n) is 7.25. The number of halogens is 2. The number of fused-ring (bicyclic) bond motifs is 1. The van der Waals surface area contributed by atoms with Crippen molar-refractivity contribution in [2.24, 2.45) is 4.99 Å². The Morgan fingerprint density at radius 1 is 1.18 bits per heavy atom. The molecular weight excluding hydrogens is 483 g/mol. The Bertz CT molecular complexity index is 1440. The average molecular weight is 503 g/mol. The van der Waals surface area contributed by atoms with Crippen molar-refractivity contribution in [1.82, 2.24) is 4.57 Å². The third kappa shape index (κ3) is 4.49. The van der Waals surface area contributed by atoms with Gasteiger partial charge in [0.1, 0.15) is 5.75 Å². The lowest BCUT2D eigenvalue weighted by Crippen LogP contribution is -2.39. The van der Waals surface area contributed by atoms with Crippen LogP contribution in [0.15, 0.2) is 63.5 Å². The summed E-state index contributed by atoms with van der Waals surface area (Å²) in [5, 5.41) is 0.833. The summed E-state index contributed by atoms with van der Waals surface area (Å²) in [5.74, 6) is 0.169. The van der Waals surface area contributed by atoms with E-state index in [0.29, 0.717) is 36.4 Å². The molecule has 0 fully saturated rings. The maximum Gasteiger partial charge on any atom is 0.338 e. The predicted octanol–water partition coefficient (Wildman–Crippen LogP) is 4.11. The second kappa shape index (κ2) is 9.55. The number of thiazole rings is 1. The SMILES string of the molecule is CCOC(=O)C1=C(C)N=c2s/c(=C/c3ccc(Cl)c(Cl)c3)c(=O)n2C1c1ccc(OC)cc1. The first-order valence-electron chi connectivity index (χ1n) is 10.1. The van der Waals surface area contributed by atoms with Gasteiger partial charge in [0.15, 0.2) is 4.80 Å². The minimum atomic E-state index is -0.679. The minimum Gasteiger partial charge on any atom is -0.497 e. The molecule has 2 aromatic carbocycles. The van der Waals surface area contributed by atoms with Crippen LogP contribution in [0, 0.1) is 0 Å². The highest BCUT2D eigenvalue weighted by molar-refractivity contribution is 7.07. The van der Waals surface area contributed by atoms with Gasteiger partial charge in [0.2, 0.25) is 0 Å². The number of allylic oxidation sites excluding steroid dienone is 1. The van der Waals surface area contributed by atoms with E-state index in [1.807, 2.05) is 12.1 Å². The van der Waals surface area contributed by atoms with Crippen LogP contribution in [0.2, 0.25) is 10.0 Å². The molecule has 1 atom stereocenters. The second-order valence-corrected chi connectivity index (χ2v) is 9.07. The van der Waals surface area contributed by atoms with Gasteiger partial charge in [-0.25, -0.2) is 9.79 Å². The van der Waals surface area contributed by atoms with Gasteiger partial charge in [0.25, 0.3) is 5.56 Å². The van der Waals surface area contributed by atoms with Gasteiger partial charge in [0.05, 0.1) is 45.6 Å². The van der Waals surface area contributed by atoms with E-state index in [0.717, 1.165) is 11.1 Å². The van der Waals surface area contributed by atoms with Crippen molar-refractivity contribution >= 4 is 46.6 Å². The molecule has 1 aliphatic heterocycles. The summed E-state index contributed by atoms with van der Waals surface area (Å²) in [6.07, 6.45) is 1.74. The van der Waals surface area contributed by atoms with Crippen molar-refractivity contribution in [2.45, 2.75) is 19.9 Å². The van der Waals surface area contributed by atoms with Gasteiger partial charge in [-0.2, -0.15) is 0 Å². The van der Waals surface area contributed by atoms with Crippen molar-refractivity contribution in [1.29, 1.82) is 0 Å². The zero-order valence-electron chi connectivity index (χ0n) is 18.1. The number of hydrogen-bond acceptors (Lipinski definition) is 6. The van der Waals surface area contributed by atoms with E-state index in [1.165, 1.54) is 15.9 Å². The normalized spacial score (nSPS) is 15.8. The van der Waals surface area contributed by atoms with Crippen molar-refractivity contribution in [3.63, 3.8) is 0 Å². The number of carbonyl (C=O) groups excluding carboxylic acids is 1. The van der Waals surface area contributed by atoms with E-state index in [1.54, 1.807) is 57.4 Å². The Labute approximate surface area is 204 Å². The highest BCUT2D eigenvalue weighted by Crippen LogP contribution is 2.31. The van der Waals surface area contributed by atoms with Gasteiger partial charge >= 0.3 is 5.97 Å². The number of rotatable bonds is 5. The molecule has 4 rings (SSSR count). The Morgan fingerprint density at radius 2 is 1.91 bits per heavy atom. The molecule has 0 aliphatic carbocycles. The lowest BCUT2D eigenvalue weighted by Gasteiger charge is -2.24. The van der Waals surface area contributed by atoms with Crippen LogP contribution in [0.1, 0.15) is 31.0 Å². The summed E-state index contributed by atoms with van der Waals surface area (Å²) in [6.45, 7) is 3.70. The molecule has 1 aromatic heterocycles. The molecule has 0 amide bonds. The maximum atomic E-state index is 13.5. The third-order valence-electron chi connectivity index (χ3n) is 5.19. The lowest BCUT2D eigenvalue weighted by molar-refractivity contribution is -0.139. The number of nitrogens with zero attached hydrogens (tertiary/aromatic N) is 2. The number of ether oxygens (including phenoxy) is 2. The standard InChI is InChI=1S/C24H20Cl2N2O4S/c1-4-32-23(30)20-13(2)27-24-28(21(20)15-6-8-16(31-3)9-7-15)22(29)19(33-24)12-14-5-10-17(25)18(26)11-14/h5-12,21H,4H2,1-3H3/b19-12+. The molecule has 0 saturated carbocycles. The molecule has 6 nitrogen and oxygen atoms in total. The van der Waals surface area contributed by atoms with Crippen LogP contribution < -0.4 is 19.6 Å². The fraction of sp³-hybridized carbons (Fsp3) is 0.208. The van der Waals surface area contributed by atoms with Crippen LogP contribution in [-0.4, -0.2) is 24.3 Å². The van der Waals surface area contributed by atoms with Crippen molar-refractivity contribution in [3.05, 3.63) is 94.6 Å². The summed E-state index contributed by atoms with van der Waals surface area (Å²) < 4.78 is 12.6. The number of carbonyl (C=O) groups is 1. The fourth-order valence-corrected chi connectivity index (χ4v) is 5.00. The van der Waals surface area contributed by atoms with E-state index in [9.17, 15) is 9.59 Å². The van der Waals surface area contributed by atoms with Gasteiger partial charge in [-0.3, -0.25) is 9.36 Å². The Balaban J connectivity index is 1.94. The van der Waals surface area contributed by atoms with Crippen LogP contribution >= 0.6 is 34.5 Å². The molecule has 1 unspecified atom stereocenters. The quantitative estimate of drug-likeness (QED) is 0.492. The van der Waals surface area contributed by atoms with Gasteiger partial charge in [-0.15, -0.1) is 0 Å². The first-order chi connectivity index (χ1) is 15.8. The molecule has 0 bridgehead atoms. The number of aromatic nitrogens is 1. The molecule has 0 radical (unpaired) electrons. The van der Waals surface area contributed by atoms with Gasteiger partial charge in [-0.05, 0) is 55.3 Å². The van der Waals surface area contributed by atoms with E-state index in [4.69, 9.17) is 32.7 Å². The number of methoxy groups -OCH3 is 1. The summed E-state index contributed by atoms with van der Waals surface area (Å²) in [4.78, 5) is 31.5. The molecule has 33 heavy (non-hydrogen) atoms. The Hall–Kier alpha value is -2.87. The highest BCUT2D eigenvalue weighted by Gasteiger charge is 2.33. The van der Waals surface area contributed by atoms with Crippen molar-refractivity contribution < 1.29 is 14.3 Å². The summed E-state index contributed by atoms with van der Waals surface area (Å²) >= 11 is 13.4. The first kappa shape index (κ1) is 23.3. The number of benzene rings is 2. The zero-order chi connectivity index (χ0) is 23.7. The monoisotopic (exact) mass is 502 g/mol. The van der Waals surface area contributed by atoms with Crippen LogP contribution in [0.4, 0.5) is 0 Å². The smallest absolute Gasteiger partial charge is 0.338 e. The minimum absolute atomic E-state index is 0.215. The Kier molecular flexibility index (Phi) is 6.74. The molecule has 170 valence electrons. The van der Waals surface area contributed by atoms with Crippen LogP contribution in [0.25, 0.3) is 6.08 Å². The molecular formula is C24H20Cl2N2O4S. The molecule has 0 saturated heterocycles. The van der Waals surface area contributed by atoms with E-state index in [-0.39, 0.29) is 12.2 Å². The lowest BCUT2D eigenvalue weighted by atomic mass is 9.96. The Morgan fingerprint density at radius 3 is 2.55 bits per heavy atom. The summed E-state index contributed by atoms with van der Waals surface area (Å²) in [6, 6.07) is 11.7. The maximum absolute atomic E-state index is 13.5. The van der Waals surface area contributed by atoms with Crippen LogP contribution in [0.3, 0.4) is 0 Å². The van der Waals surface area contributed by atoms with Gasteiger partial charge < -0.3 is 9.47 Å². The molecule has 9 heteroatoms. The van der Waals surface area contributed by atoms with Gasteiger partial charge in [0, 0.05) is 0 Å². The van der Waals surface area contributed by atoms with E-state index in [2.05, 4.69) is 4.99 Å². The molecule has 3 aromatic rings. The van der Waals surface area contributed by atoms with E-state index >= 15 is 0 Å². The largest absolute Gasteiger partial charge is 0.497 e. The topological polar surface area (TPSA) is 69.9 Å².